The fourth-order valence-corrected chi connectivity index (χ4v) is 4.08. The quantitative estimate of drug-likeness (QED) is 0.171. The Hall–Kier alpha value is -3.22. The van der Waals surface area contributed by atoms with Crippen molar-refractivity contribution in [3.8, 4) is 0 Å². The summed E-state index contributed by atoms with van der Waals surface area (Å²) in [5.74, 6) is -9.67. The lowest BCUT2D eigenvalue weighted by molar-refractivity contribution is -0.663. The fraction of sp³-hybridized carbons (Fsp3) is 0.208. The largest absolute Gasteiger partial charge is 0.245 e. The van der Waals surface area contributed by atoms with Crippen LogP contribution >= 0.6 is 0 Å². The Kier molecular flexibility index (Phi) is 5.29. The van der Waals surface area contributed by atoms with E-state index in [4.69, 9.17) is 0 Å². The number of fused-ring (bicyclic) bond motifs is 1. The lowest BCUT2D eigenvalue weighted by Crippen LogP contribution is -2.34. The van der Waals surface area contributed by atoms with Gasteiger partial charge in [-0.05, 0) is 49.6 Å². The van der Waals surface area contributed by atoms with E-state index in [9.17, 15) is 22.0 Å². The van der Waals surface area contributed by atoms with Crippen molar-refractivity contribution in [2.75, 3.05) is 0 Å². The van der Waals surface area contributed by atoms with Crippen LogP contribution in [0.1, 0.15) is 27.8 Å². The van der Waals surface area contributed by atoms with Crippen molar-refractivity contribution >= 4 is 11.0 Å². The van der Waals surface area contributed by atoms with Gasteiger partial charge in [0.05, 0.1) is 5.56 Å². The van der Waals surface area contributed by atoms with Crippen LogP contribution in [0.5, 0.6) is 0 Å². The van der Waals surface area contributed by atoms with Gasteiger partial charge in [-0.2, -0.15) is 0 Å². The zero-order valence-electron chi connectivity index (χ0n) is 17.2. The summed E-state index contributed by atoms with van der Waals surface area (Å²) in [5, 5.41) is 0. The molecule has 160 valence electrons. The molecule has 0 bridgehead atoms. The summed E-state index contributed by atoms with van der Waals surface area (Å²) in [7, 11) is 0. The van der Waals surface area contributed by atoms with Crippen LogP contribution in [0, 0.1) is 49.9 Å². The average Bonchev–Trinajstić information content (AvgIpc) is 3.08. The van der Waals surface area contributed by atoms with Gasteiger partial charge in [0.1, 0.15) is 13.1 Å². The van der Waals surface area contributed by atoms with Gasteiger partial charge in [-0.1, -0.05) is 29.8 Å². The molecule has 0 aliphatic heterocycles. The summed E-state index contributed by atoms with van der Waals surface area (Å²) >= 11 is 0. The number of benzene rings is 3. The van der Waals surface area contributed by atoms with E-state index in [-0.39, 0.29) is 0 Å². The van der Waals surface area contributed by atoms with Crippen molar-refractivity contribution in [1.29, 1.82) is 0 Å². The Morgan fingerprint density at radius 1 is 0.742 bits per heavy atom. The third kappa shape index (κ3) is 3.58. The highest BCUT2D eigenvalue weighted by Gasteiger charge is 2.28. The van der Waals surface area contributed by atoms with E-state index in [0.717, 1.165) is 27.8 Å². The molecule has 4 rings (SSSR count). The van der Waals surface area contributed by atoms with Crippen LogP contribution in [0.15, 0.2) is 42.7 Å². The smallest absolute Gasteiger partial charge is 0.226 e. The fourth-order valence-electron chi connectivity index (χ4n) is 4.08. The molecule has 1 aromatic heterocycles. The SMILES string of the molecule is Cc1cc(C)c(Cn2c[n+](Cc3c(F)c(F)c(F)c(F)c3F)c3ccccc32)c(C)c1. The standard InChI is InChI=1S/C24H20F5N2/c1-13-8-14(2)16(15(3)9-13)10-30-12-31(19-7-5-4-6-18(19)30)11-17-20(25)22(27)24(29)23(28)21(17)26/h4-9,12H,10-11H2,1-3H3/q+1. The maximum absolute atomic E-state index is 14.2. The van der Waals surface area contributed by atoms with Gasteiger partial charge in [-0.15, -0.1) is 0 Å². The third-order valence-electron chi connectivity index (χ3n) is 5.58. The van der Waals surface area contributed by atoms with Gasteiger partial charge in [0.25, 0.3) is 0 Å². The molecule has 0 fully saturated rings. The minimum Gasteiger partial charge on any atom is -0.226 e. The Labute approximate surface area is 176 Å². The molecule has 0 saturated heterocycles. The van der Waals surface area contributed by atoms with Crippen LogP contribution < -0.4 is 4.57 Å². The molecular formula is C24H20F5N2+. The summed E-state index contributed by atoms with van der Waals surface area (Å²) in [5.41, 5.74) is 5.02. The number of aryl methyl sites for hydroxylation is 3. The highest BCUT2D eigenvalue weighted by molar-refractivity contribution is 5.71. The van der Waals surface area contributed by atoms with Crippen LogP contribution in [-0.4, -0.2) is 4.57 Å². The molecule has 0 spiro atoms. The summed E-state index contributed by atoms with van der Waals surface area (Å²) in [6.07, 6.45) is 1.64. The zero-order chi connectivity index (χ0) is 22.4. The van der Waals surface area contributed by atoms with Crippen molar-refractivity contribution < 1.29 is 26.5 Å². The van der Waals surface area contributed by atoms with Crippen LogP contribution in [0.4, 0.5) is 22.0 Å². The number of halogens is 5. The van der Waals surface area contributed by atoms with Crippen molar-refractivity contribution in [2.24, 2.45) is 0 Å². The molecule has 31 heavy (non-hydrogen) atoms. The molecule has 2 nitrogen and oxygen atoms in total. The van der Waals surface area contributed by atoms with Crippen molar-refractivity contribution in [3.05, 3.63) is 99.6 Å². The van der Waals surface area contributed by atoms with Gasteiger partial charge in [0.15, 0.2) is 34.3 Å². The van der Waals surface area contributed by atoms with Gasteiger partial charge >= 0.3 is 0 Å². The van der Waals surface area contributed by atoms with Gasteiger partial charge < -0.3 is 0 Å². The first kappa shape index (κ1) is 21.0. The molecule has 1 heterocycles. The molecule has 0 saturated carbocycles. The van der Waals surface area contributed by atoms with Gasteiger partial charge in [0, 0.05) is 0 Å². The number of imidazole rings is 1. The van der Waals surface area contributed by atoms with E-state index in [0.29, 0.717) is 12.1 Å². The van der Waals surface area contributed by atoms with E-state index in [1.165, 1.54) is 4.57 Å². The van der Waals surface area contributed by atoms with Crippen LogP contribution in [0.25, 0.3) is 11.0 Å². The first-order valence-electron chi connectivity index (χ1n) is 9.73. The van der Waals surface area contributed by atoms with E-state index in [1.807, 2.05) is 37.5 Å². The number of hydrogen-bond donors (Lipinski definition) is 0. The lowest BCUT2D eigenvalue weighted by atomic mass is 10.00. The molecule has 0 amide bonds. The number of rotatable bonds is 4. The second-order valence-corrected chi connectivity index (χ2v) is 7.79. The van der Waals surface area contributed by atoms with Gasteiger partial charge in [0.2, 0.25) is 12.1 Å². The molecule has 0 radical (unpaired) electrons. The molecule has 3 aromatic carbocycles. The highest BCUT2D eigenvalue weighted by atomic mass is 19.2. The van der Waals surface area contributed by atoms with Crippen molar-refractivity contribution in [1.82, 2.24) is 4.57 Å². The monoisotopic (exact) mass is 431 g/mol. The molecule has 0 aliphatic carbocycles. The average molecular weight is 431 g/mol. The minimum absolute atomic E-state index is 0.495. The van der Waals surface area contributed by atoms with Gasteiger partial charge in [-0.25, -0.2) is 31.1 Å². The lowest BCUT2D eigenvalue weighted by Gasteiger charge is -2.09. The molecule has 0 aliphatic rings. The number of para-hydroxylation sites is 2. The Morgan fingerprint density at radius 3 is 1.90 bits per heavy atom. The topological polar surface area (TPSA) is 8.81 Å². The maximum atomic E-state index is 14.2. The minimum atomic E-state index is -2.16. The van der Waals surface area contributed by atoms with E-state index in [2.05, 4.69) is 12.1 Å². The molecule has 0 unspecified atom stereocenters. The van der Waals surface area contributed by atoms with E-state index in [1.54, 1.807) is 18.5 Å². The zero-order valence-corrected chi connectivity index (χ0v) is 17.2. The first-order valence-corrected chi connectivity index (χ1v) is 9.73. The van der Waals surface area contributed by atoms with E-state index < -0.39 is 41.2 Å². The molecular weight excluding hydrogens is 411 g/mol. The number of aromatic nitrogens is 2. The maximum Gasteiger partial charge on any atom is 0.245 e. The second kappa shape index (κ2) is 7.80. The highest BCUT2D eigenvalue weighted by Crippen LogP contribution is 2.24. The van der Waals surface area contributed by atoms with E-state index >= 15 is 0 Å². The molecule has 0 N–H and O–H groups in total. The van der Waals surface area contributed by atoms with Crippen LogP contribution in [0.2, 0.25) is 0 Å². The first-order chi connectivity index (χ1) is 14.7. The van der Waals surface area contributed by atoms with Crippen LogP contribution in [-0.2, 0) is 13.1 Å². The Balaban J connectivity index is 1.83. The number of hydrogen-bond acceptors (Lipinski definition) is 0. The van der Waals surface area contributed by atoms with Crippen LogP contribution in [0.3, 0.4) is 0 Å². The predicted molar refractivity (Wildman–Crippen MR) is 107 cm³/mol. The molecule has 7 heteroatoms. The third-order valence-corrected chi connectivity index (χ3v) is 5.58. The summed E-state index contributed by atoms with van der Waals surface area (Å²) in [6.45, 7) is 6.06. The second-order valence-electron chi connectivity index (χ2n) is 7.79. The summed E-state index contributed by atoms with van der Waals surface area (Å²) in [4.78, 5) is 0. The van der Waals surface area contributed by atoms with Gasteiger partial charge in [-0.3, -0.25) is 0 Å². The normalized spacial score (nSPS) is 11.5. The predicted octanol–water partition coefficient (Wildman–Crippen LogP) is 5.65. The van der Waals surface area contributed by atoms with Crippen molar-refractivity contribution in [3.63, 3.8) is 0 Å². The van der Waals surface area contributed by atoms with Crippen molar-refractivity contribution in [2.45, 2.75) is 33.9 Å². The number of nitrogens with zero attached hydrogens (tertiary/aromatic N) is 2. The Bertz CT molecular complexity index is 1270. The summed E-state index contributed by atoms with van der Waals surface area (Å²) in [6, 6.07) is 11.3. The summed E-state index contributed by atoms with van der Waals surface area (Å²) < 4.78 is 72.6. The Morgan fingerprint density at radius 2 is 1.29 bits per heavy atom. The molecule has 4 aromatic rings. The molecule has 0 atom stereocenters.